The zero-order valence-electron chi connectivity index (χ0n) is 31.6. The highest BCUT2D eigenvalue weighted by Crippen LogP contribution is 2.57. The molecule has 268 valence electrons. The van der Waals surface area contributed by atoms with Crippen LogP contribution < -0.4 is 0 Å². The number of fused-ring (bicyclic) bond motifs is 8. The largest absolute Gasteiger partial charge is 0.333 e. The van der Waals surface area contributed by atoms with Gasteiger partial charge in [0.1, 0.15) is 0 Å². The summed E-state index contributed by atoms with van der Waals surface area (Å²) in [4.78, 5) is 0. The van der Waals surface area contributed by atoms with Crippen molar-refractivity contribution >= 4 is 38.9 Å². The number of nitrogens with zero attached hydrogens (tertiary/aromatic N) is 1. The summed E-state index contributed by atoms with van der Waals surface area (Å²) in [6.07, 6.45) is 20.7. The topological polar surface area (TPSA) is 4.93 Å². The second-order valence-electron chi connectivity index (χ2n) is 15.9. The molecular weight excluding hydrogens is 687 g/mol. The van der Waals surface area contributed by atoms with E-state index in [4.69, 9.17) is 0 Å². The number of allylic oxidation sites excluding steroid dienone is 9. The maximum Gasteiger partial charge on any atom is 0.0566 e. The summed E-state index contributed by atoms with van der Waals surface area (Å²) in [6.45, 7) is 0. The molecule has 1 aromatic heterocycles. The first-order valence-corrected chi connectivity index (χ1v) is 20.3. The van der Waals surface area contributed by atoms with Crippen molar-refractivity contribution in [1.82, 2.24) is 4.57 Å². The van der Waals surface area contributed by atoms with Gasteiger partial charge in [-0.25, -0.2) is 0 Å². The molecule has 0 radical (unpaired) electrons. The lowest BCUT2D eigenvalue weighted by Crippen LogP contribution is -2.16. The third-order valence-corrected chi connectivity index (χ3v) is 12.8. The van der Waals surface area contributed by atoms with Crippen LogP contribution in [0.5, 0.6) is 0 Å². The monoisotopic (exact) mass is 725 g/mol. The van der Waals surface area contributed by atoms with Crippen LogP contribution in [0.3, 0.4) is 0 Å². The van der Waals surface area contributed by atoms with Gasteiger partial charge in [0.15, 0.2) is 0 Å². The Kier molecular flexibility index (Phi) is 7.25. The van der Waals surface area contributed by atoms with Crippen LogP contribution in [0.15, 0.2) is 194 Å². The molecule has 0 amide bonds. The molecule has 57 heavy (non-hydrogen) atoms. The molecule has 0 spiro atoms. The van der Waals surface area contributed by atoms with Crippen LogP contribution in [0.25, 0.3) is 94.5 Å². The Morgan fingerprint density at radius 1 is 0.509 bits per heavy atom. The lowest BCUT2D eigenvalue weighted by molar-refractivity contribution is 0.624. The van der Waals surface area contributed by atoms with E-state index in [1.54, 1.807) is 0 Å². The number of hydrogen-bond acceptors (Lipinski definition) is 0. The maximum atomic E-state index is 2.63. The standard InChI is InChI=1S/C56H39N/c1-3-14-37(15-4-1)50-35-49(53(41-17-5-2-6-18-41)55-48-26-13-20-40-19-12-25-47(52(40)48)54(50)55)39-30-28-36(29-31-39)42-21-11-22-43(34-42)57-51-27-10-9-24-45(51)46-33-32-38-16-7-8-23-44(38)56(46)57/h1-15,17-33,35,38,43H,16,34H2. The summed E-state index contributed by atoms with van der Waals surface area (Å²) >= 11 is 0. The maximum absolute atomic E-state index is 2.63. The van der Waals surface area contributed by atoms with E-state index in [0.717, 1.165) is 12.8 Å². The molecule has 0 fully saturated rings. The van der Waals surface area contributed by atoms with Crippen LogP contribution >= 0.6 is 0 Å². The second-order valence-corrected chi connectivity index (χ2v) is 15.9. The first-order valence-electron chi connectivity index (χ1n) is 20.3. The third-order valence-electron chi connectivity index (χ3n) is 12.8. The molecule has 0 saturated heterocycles. The highest BCUT2D eigenvalue weighted by atomic mass is 15.0. The van der Waals surface area contributed by atoms with Gasteiger partial charge in [0, 0.05) is 22.4 Å². The molecule has 4 aliphatic carbocycles. The molecule has 8 aromatic rings. The molecule has 1 nitrogen and oxygen atoms in total. The van der Waals surface area contributed by atoms with Gasteiger partial charge in [-0.15, -0.1) is 0 Å². The van der Waals surface area contributed by atoms with Crippen molar-refractivity contribution in [2.45, 2.75) is 18.9 Å². The summed E-state index contributed by atoms with van der Waals surface area (Å²) in [5, 5.41) is 3.97. The Bertz CT molecular complexity index is 3090. The summed E-state index contributed by atoms with van der Waals surface area (Å²) < 4.78 is 2.63. The van der Waals surface area contributed by atoms with Gasteiger partial charge in [-0.1, -0.05) is 188 Å². The van der Waals surface area contributed by atoms with E-state index in [2.05, 4.69) is 205 Å². The summed E-state index contributed by atoms with van der Waals surface area (Å²) in [6, 6.07) is 56.6. The second kappa shape index (κ2) is 12.8. The van der Waals surface area contributed by atoms with Gasteiger partial charge in [0.2, 0.25) is 0 Å². The molecule has 1 heterocycles. The summed E-state index contributed by atoms with van der Waals surface area (Å²) in [5.41, 5.74) is 21.0. The Morgan fingerprint density at radius 2 is 1.19 bits per heavy atom. The average Bonchev–Trinajstić information content (AvgIpc) is 3.81. The average molecular weight is 726 g/mol. The van der Waals surface area contributed by atoms with E-state index in [-0.39, 0.29) is 6.04 Å². The highest BCUT2D eigenvalue weighted by molar-refractivity contribution is 6.22. The molecule has 0 aliphatic heterocycles. The molecule has 0 bridgehead atoms. The number of benzene rings is 7. The van der Waals surface area contributed by atoms with E-state index in [9.17, 15) is 0 Å². The summed E-state index contributed by atoms with van der Waals surface area (Å²) in [7, 11) is 0. The first kappa shape index (κ1) is 32.3. The normalized spacial score (nSPS) is 17.3. The van der Waals surface area contributed by atoms with Crippen molar-refractivity contribution in [2.24, 2.45) is 5.92 Å². The van der Waals surface area contributed by atoms with Crippen LogP contribution in [-0.4, -0.2) is 4.57 Å². The lowest BCUT2D eigenvalue weighted by Gasteiger charge is -2.29. The number of hydrogen-bond donors (Lipinski definition) is 0. The van der Waals surface area contributed by atoms with Crippen LogP contribution in [0.4, 0.5) is 0 Å². The van der Waals surface area contributed by atoms with Crippen molar-refractivity contribution in [2.75, 3.05) is 0 Å². The van der Waals surface area contributed by atoms with Crippen molar-refractivity contribution in [3.05, 3.63) is 211 Å². The SMILES string of the molecule is C1=CCC2C=Cc3c(n(C4C=CC=C(c5ccc(-c6cc(-c7ccccc7)c7c(c6-c6ccccc6)-c6cccc8cccc-7c68)cc5)C4)c4ccccc34)C2=C1. The molecule has 2 unspecified atom stereocenters. The fourth-order valence-corrected chi connectivity index (χ4v) is 10.3. The van der Waals surface area contributed by atoms with Gasteiger partial charge in [0.05, 0.1) is 11.7 Å². The van der Waals surface area contributed by atoms with Gasteiger partial charge < -0.3 is 4.57 Å². The minimum atomic E-state index is 0.219. The molecular formula is C56H39N. The van der Waals surface area contributed by atoms with Gasteiger partial charge in [-0.3, -0.25) is 0 Å². The quantitative estimate of drug-likeness (QED) is 0.166. The van der Waals surface area contributed by atoms with E-state index < -0.39 is 0 Å². The molecule has 0 N–H and O–H groups in total. The predicted octanol–water partition coefficient (Wildman–Crippen LogP) is 15.0. The van der Waals surface area contributed by atoms with Crippen molar-refractivity contribution < 1.29 is 0 Å². The molecule has 0 saturated carbocycles. The zero-order valence-corrected chi connectivity index (χ0v) is 31.6. The first-order chi connectivity index (χ1) is 28.3. The minimum absolute atomic E-state index is 0.219. The van der Waals surface area contributed by atoms with Crippen LogP contribution in [-0.2, 0) is 0 Å². The molecule has 4 aliphatic rings. The Hall–Kier alpha value is -6.96. The molecule has 1 heteroatoms. The fourth-order valence-electron chi connectivity index (χ4n) is 10.3. The third kappa shape index (κ3) is 4.95. The molecule has 2 atom stereocenters. The van der Waals surface area contributed by atoms with E-state index >= 15 is 0 Å². The van der Waals surface area contributed by atoms with Crippen molar-refractivity contribution in [3.63, 3.8) is 0 Å². The Morgan fingerprint density at radius 3 is 2.00 bits per heavy atom. The van der Waals surface area contributed by atoms with Gasteiger partial charge in [0.25, 0.3) is 0 Å². The number of para-hydroxylation sites is 1. The van der Waals surface area contributed by atoms with Crippen molar-refractivity contribution in [1.29, 1.82) is 0 Å². The highest BCUT2D eigenvalue weighted by Gasteiger charge is 2.32. The zero-order chi connectivity index (χ0) is 37.5. The van der Waals surface area contributed by atoms with Crippen LogP contribution in [0.2, 0.25) is 0 Å². The Labute approximate surface area is 333 Å². The summed E-state index contributed by atoms with van der Waals surface area (Å²) in [5.74, 6) is 0.435. The van der Waals surface area contributed by atoms with Crippen molar-refractivity contribution in [3.8, 4) is 55.6 Å². The lowest BCUT2D eigenvalue weighted by atomic mass is 9.82. The number of rotatable bonds is 5. The van der Waals surface area contributed by atoms with Crippen LogP contribution in [0.1, 0.15) is 35.7 Å². The van der Waals surface area contributed by atoms with Gasteiger partial charge in [-0.2, -0.15) is 0 Å². The van der Waals surface area contributed by atoms with Gasteiger partial charge >= 0.3 is 0 Å². The molecule has 12 rings (SSSR count). The minimum Gasteiger partial charge on any atom is -0.333 e. The Balaban J connectivity index is 0.989. The smallest absolute Gasteiger partial charge is 0.0566 e. The van der Waals surface area contributed by atoms with Gasteiger partial charge in [-0.05, 0) is 108 Å². The predicted molar refractivity (Wildman–Crippen MR) is 242 cm³/mol. The van der Waals surface area contributed by atoms with E-state index in [0.29, 0.717) is 5.92 Å². The fraction of sp³-hybridized carbons (Fsp3) is 0.0714. The molecule has 7 aromatic carbocycles. The van der Waals surface area contributed by atoms with Crippen LogP contribution in [0, 0.1) is 5.92 Å². The van der Waals surface area contributed by atoms with E-state index in [1.165, 1.54) is 105 Å². The van der Waals surface area contributed by atoms with E-state index in [1.807, 2.05) is 0 Å². The number of aromatic nitrogens is 1.